The second-order valence-corrected chi connectivity index (χ2v) is 5.33. The van der Waals surface area contributed by atoms with Crippen LogP contribution in [0.1, 0.15) is 43.9 Å². The van der Waals surface area contributed by atoms with E-state index in [1.54, 1.807) is 0 Å². The number of ether oxygens (including phenoxy) is 1. The molecule has 0 heterocycles. The minimum absolute atomic E-state index is 0.267. The first-order valence-corrected chi connectivity index (χ1v) is 7.80. The van der Waals surface area contributed by atoms with Crippen molar-refractivity contribution in [1.82, 2.24) is 5.32 Å². The third-order valence-corrected chi connectivity index (χ3v) is 3.60. The number of nitrogens with one attached hydrogen (secondary N) is 1. The topological polar surface area (TPSA) is 21.3 Å². The van der Waals surface area contributed by atoms with Gasteiger partial charge in [-0.3, -0.25) is 0 Å². The van der Waals surface area contributed by atoms with Crippen molar-refractivity contribution in [1.29, 1.82) is 0 Å². The average molecular weight is 283 g/mol. The minimum Gasteiger partial charge on any atom is -0.493 e. The predicted octanol–water partition coefficient (Wildman–Crippen LogP) is 4.72. The Hall–Kier alpha value is -1.80. The summed E-state index contributed by atoms with van der Waals surface area (Å²) < 4.78 is 5.91. The summed E-state index contributed by atoms with van der Waals surface area (Å²) in [5.74, 6) is 0.999. The van der Waals surface area contributed by atoms with Crippen LogP contribution in [0.15, 0.2) is 54.6 Å². The largest absolute Gasteiger partial charge is 0.493 e. The maximum absolute atomic E-state index is 5.91. The highest BCUT2D eigenvalue weighted by molar-refractivity contribution is 5.35. The number of hydrogen-bond donors (Lipinski definition) is 1. The fourth-order valence-corrected chi connectivity index (χ4v) is 2.27. The Morgan fingerprint density at radius 1 is 1.00 bits per heavy atom. The van der Waals surface area contributed by atoms with E-state index in [4.69, 9.17) is 4.74 Å². The lowest BCUT2D eigenvalue weighted by atomic mass is 10.1. The standard InChI is InChI=1S/C19H25NO/c1-3-4-14-21-19-13-9-8-12-18(19)16(2)20-15-17-10-6-5-7-11-17/h5-13,16,20H,3-4,14-15H2,1-2H3. The van der Waals surface area contributed by atoms with Crippen LogP contribution < -0.4 is 10.1 Å². The van der Waals surface area contributed by atoms with Crippen LogP contribution in [0.2, 0.25) is 0 Å². The van der Waals surface area contributed by atoms with Gasteiger partial charge >= 0.3 is 0 Å². The van der Waals surface area contributed by atoms with Crippen LogP contribution in [0.4, 0.5) is 0 Å². The molecule has 1 unspecified atom stereocenters. The van der Waals surface area contributed by atoms with Crippen molar-refractivity contribution in [3.63, 3.8) is 0 Å². The fourth-order valence-electron chi connectivity index (χ4n) is 2.27. The molecule has 112 valence electrons. The van der Waals surface area contributed by atoms with Crippen molar-refractivity contribution < 1.29 is 4.74 Å². The number of benzene rings is 2. The number of hydrogen-bond acceptors (Lipinski definition) is 2. The molecule has 0 amide bonds. The van der Waals surface area contributed by atoms with Crippen molar-refractivity contribution in [2.45, 2.75) is 39.3 Å². The Kier molecular flexibility index (Phi) is 6.29. The van der Waals surface area contributed by atoms with Crippen molar-refractivity contribution in [3.05, 3.63) is 65.7 Å². The zero-order valence-corrected chi connectivity index (χ0v) is 13.0. The molecule has 0 aliphatic rings. The van der Waals surface area contributed by atoms with Gasteiger partial charge in [0.2, 0.25) is 0 Å². The van der Waals surface area contributed by atoms with Gasteiger partial charge in [-0.2, -0.15) is 0 Å². The summed E-state index contributed by atoms with van der Waals surface area (Å²) in [6.45, 7) is 6.02. The lowest BCUT2D eigenvalue weighted by Gasteiger charge is -2.18. The molecule has 2 rings (SSSR count). The molecule has 2 heteroatoms. The molecule has 0 spiro atoms. The fraction of sp³-hybridized carbons (Fsp3) is 0.368. The summed E-state index contributed by atoms with van der Waals surface area (Å²) in [4.78, 5) is 0. The Balaban J connectivity index is 1.96. The van der Waals surface area contributed by atoms with Gasteiger partial charge in [0.05, 0.1) is 6.61 Å². The van der Waals surface area contributed by atoms with Crippen LogP contribution in [0.3, 0.4) is 0 Å². The summed E-state index contributed by atoms with van der Waals surface area (Å²) in [6.07, 6.45) is 2.25. The van der Waals surface area contributed by atoms with Gasteiger partial charge in [-0.05, 0) is 25.0 Å². The van der Waals surface area contributed by atoms with E-state index in [0.29, 0.717) is 0 Å². The molecular weight excluding hydrogens is 258 g/mol. The summed E-state index contributed by atoms with van der Waals surface area (Å²) in [7, 11) is 0. The Morgan fingerprint density at radius 3 is 2.48 bits per heavy atom. The van der Waals surface area contributed by atoms with Crippen LogP contribution in [0, 0.1) is 0 Å². The van der Waals surface area contributed by atoms with Gasteiger partial charge in [0, 0.05) is 18.2 Å². The molecule has 0 radical (unpaired) electrons. The molecule has 0 saturated carbocycles. The van der Waals surface area contributed by atoms with Crippen molar-refractivity contribution in [2.75, 3.05) is 6.61 Å². The quantitative estimate of drug-likeness (QED) is 0.708. The number of para-hydroxylation sites is 1. The molecule has 2 aromatic carbocycles. The smallest absolute Gasteiger partial charge is 0.124 e. The lowest BCUT2D eigenvalue weighted by molar-refractivity contribution is 0.303. The average Bonchev–Trinajstić information content (AvgIpc) is 2.54. The maximum atomic E-state index is 5.91. The first-order valence-electron chi connectivity index (χ1n) is 7.80. The molecular formula is C19H25NO. The van der Waals surface area contributed by atoms with Gasteiger partial charge in [-0.1, -0.05) is 61.9 Å². The van der Waals surface area contributed by atoms with Crippen molar-refractivity contribution in [3.8, 4) is 5.75 Å². The highest BCUT2D eigenvalue weighted by Crippen LogP contribution is 2.25. The van der Waals surface area contributed by atoms with Gasteiger partial charge in [0.1, 0.15) is 5.75 Å². The van der Waals surface area contributed by atoms with Crippen LogP contribution in [-0.2, 0) is 6.54 Å². The number of rotatable bonds is 8. The van der Waals surface area contributed by atoms with Gasteiger partial charge in [0.25, 0.3) is 0 Å². The highest BCUT2D eigenvalue weighted by atomic mass is 16.5. The zero-order chi connectivity index (χ0) is 14.9. The second kappa shape index (κ2) is 8.48. The summed E-state index contributed by atoms with van der Waals surface area (Å²) in [5, 5.41) is 3.57. The molecule has 1 N–H and O–H groups in total. The molecule has 0 aliphatic heterocycles. The molecule has 0 aliphatic carbocycles. The first-order chi connectivity index (χ1) is 10.3. The van der Waals surface area contributed by atoms with Gasteiger partial charge in [0.15, 0.2) is 0 Å². The van der Waals surface area contributed by atoms with Gasteiger partial charge in [-0.25, -0.2) is 0 Å². The molecule has 2 nitrogen and oxygen atoms in total. The van der Waals surface area contributed by atoms with Gasteiger partial charge in [-0.15, -0.1) is 0 Å². The molecule has 0 fully saturated rings. The Bertz CT molecular complexity index is 524. The van der Waals surface area contributed by atoms with E-state index in [-0.39, 0.29) is 6.04 Å². The van der Waals surface area contributed by atoms with E-state index in [2.05, 4.69) is 61.6 Å². The number of unbranched alkanes of at least 4 members (excludes halogenated alkanes) is 1. The summed E-state index contributed by atoms with van der Waals surface area (Å²) in [6, 6.07) is 19.1. The third-order valence-electron chi connectivity index (χ3n) is 3.60. The van der Waals surface area contributed by atoms with E-state index in [9.17, 15) is 0 Å². The molecule has 0 aromatic heterocycles. The maximum Gasteiger partial charge on any atom is 0.124 e. The normalized spacial score (nSPS) is 12.1. The van der Waals surface area contributed by atoms with Crippen LogP contribution in [0.5, 0.6) is 5.75 Å². The highest BCUT2D eigenvalue weighted by Gasteiger charge is 2.10. The molecule has 1 atom stereocenters. The van der Waals surface area contributed by atoms with E-state index in [1.165, 1.54) is 11.1 Å². The zero-order valence-electron chi connectivity index (χ0n) is 13.0. The molecule has 2 aromatic rings. The van der Waals surface area contributed by atoms with Gasteiger partial charge < -0.3 is 10.1 Å². The van der Waals surface area contributed by atoms with E-state index < -0.39 is 0 Å². The Morgan fingerprint density at radius 2 is 1.71 bits per heavy atom. The Labute approximate surface area is 128 Å². The third kappa shape index (κ3) is 4.91. The van der Waals surface area contributed by atoms with E-state index in [1.807, 2.05) is 12.1 Å². The SMILES string of the molecule is CCCCOc1ccccc1C(C)NCc1ccccc1. The van der Waals surface area contributed by atoms with Crippen molar-refractivity contribution in [2.24, 2.45) is 0 Å². The molecule has 21 heavy (non-hydrogen) atoms. The van der Waals surface area contributed by atoms with E-state index >= 15 is 0 Å². The predicted molar refractivity (Wildman–Crippen MR) is 88.5 cm³/mol. The summed E-state index contributed by atoms with van der Waals surface area (Å²) >= 11 is 0. The molecule has 0 saturated heterocycles. The summed E-state index contributed by atoms with van der Waals surface area (Å²) in [5.41, 5.74) is 2.53. The van der Waals surface area contributed by atoms with Crippen molar-refractivity contribution >= 4 is 0 Å². The van der Waals surface area contributed by atoms with E-state index in [0.717, 1.165) is 31.7 Å². The first kappa shape index (κ1) is 15.6. The van der Waals surface area contributed by atoms with Crippen LogP contribution in [0.25, 0.3) is 0 Å². The van der Waals surface area contributed by atoms with Crippen LogP contribution >= 0.6 is 0 Å². The second-order valence-electron chi connectivity index (χ2n) is 5.33. The monoisotopic (exact) mass is 283 g/mol. The lowest BCUT2D eigenvalue weighted by Crippen LogP contribution is -2.19. The molecule has 0 bridgehead atoms. The van der Waals surface area contributed by atoms with Crippen LogP contribution in [-0.4, -0.2) is 6.61 Å². The minimum atomic E-state index is 0.267.